The maximum absolute atomic E-state index is 5.65. The van der Waals surface area contributed by atoms with Crippen molar-refractivity contribution < 1.29 is 4.74 Å². The Morgan fingerprint density at radius 2 is 2.31 bits per heavy atom. The van der Waals surface area contributed by atoms with Crippen LogP contribution >= 0.6 is 0 Å². The summed E-state index contributed by atoms with van der Waals surface area (Å²) in [6.07, 6.45) is 2.52. The number of aryl methyl sites for hydroxylation is 1. The number of nitrogens with zero attached hydrogens (tertiary/aromatic N) is 4. The lowest BCUT2D eigenvalue weighted by molar-refractivity contribution is 0.284. The molecular formula is C10H13N5O. The van der Waals surface area contributed by atoms with Crippen LogP contribution in [0, 0.1) is 12.8 Å². The van der Waals surface area contributed by atoms with Gasteiger partial charge in [-0.15, -0.1) is 15.3 Å². The molecule has 0 atom stereocenters. The predicted octanol–water partition coefficient (Wildman–Crippen LogP) is 0.804. The van der Waals surface area contributed by atoms with Crippen molar-refractivity contribution in [3.8, 4) is 5.88 Å². The van der Waals surface area contributed by atoms with Crippen molar-refractivity contribution in [1.82, 2.24) is 19.8 Å². The Morgan fingerprint density at radius 3 is 3.06 bits per heavy atom. The largest absolute Gasteiger partial charge is 0.476 e. The van der Waals surface area contributed by atoms with Gasteiger partial charge in [0.05, 0.1) is 6.61 Å². The molecule has 0 aromatic carbocycles. The highest BCUT2D eigenvalue weighted by molar-refractivity contribution is 5.49. The third kappa shape index (κ3) is 1.56. The van der Waals surface area contributed by atoms with Crippen LogP contribution in [0.5, 0.6) is 5.88 Å². The highest BCUT2D eigenvalue weighted by Crippen LogP contribution is 2.29. The third-order valence-electron chi connectivity index (χ3n) is 2.72. The van der Waals surface area contributed by atoms with Crippen molar-refractivity contribution in [1.29, 1.82) is 0 Å². The van der Waals surface area contributed by atoms with Crippen LogP contribution in [-0.2, 0) is 0 Å². The summed E-state index contributed by atoms with van der Waals surface area (Å²) in [5, 5.41) is 12.0. The van der Waals surface area contributed by atoms with Crippen LogP contribution in [0.15, 0.2) is 6.07 Å². The maximum Gasteiger partial charge on any atom is 0.243 e. The van der Waals surface area contributed by atoms with Gasteiger partial charge < -0.3 is 10.5 Å². The Bertz CT molecular complexity index is 531. The van der Waals surface area contributed by atoms with E-state index in [9.17, 15) is 0 Å². The number of fused-ring (bicyclic) bond motifs is 1. The summed E-state index contributed by atoms with van der Waals surface area (Å²) in [4.78, 5) is 0. The second kappa shape index (κ2) is 3.33. The molecule has 0 amide bonds. The van der Waals surface area contributed by atoms with Crippen molar-refractivity contribution in [2.75, 3.05) is 12.3 Å². The standard InChI is InChI=1S/C10H13N5O/c1-6-4-8(16-5-7-2-3-7)14-15-9(6)12-13-10(15)11/h4,7H,2-3,5H2,1H3,(H2,11,13). The van der Waals surface area contributed by atoms with Crippen LogP contribution in [-0.4, -0.2) is 26.4 Å². The molecule has 1 aliphatic carbocycles. The Labute approximate surface area is 92.4 Å². The van der Waals surface area contributed by atoms with E-state index < -0.39 is 0 Å². The fraction of sp³-hybridized carbons (Fsp3) is 0.500. The summed E-state index contributed by atoms with van der Waals surface area (Å²) < 4.78 is 7.11. The Hall–Kier alpha value is -1.85. The van der Waals surface area contributed by atoms with Gasteiger partial charge in [0.15, 0.2) is 5.65 Å². The molecule has 0 unspecified atom stereocenters. The molecule has 6 nitrogen and oxygen atoms in total. The van der Waals surface area contributed by atoms with Gasteiger partial charge in [0.2, 0.25) is 11.8 Å². The minimum absolute atomic E-state index is 0.287. The van der Waals surface area contributed by atoms with Crippen molar-refractivity contribution in [2.45, 2.75) is 19.8 Å². The molecule has 1 fully saturated rings. The molecule has 2 aromatic heterocycles. The fourth-order valence-corrected chi connectivity index (χ4v) is 1.57. The quantitative estimate of drug-likeness (QED) is 0.826. The van der Waals surface area contributed by atoms with Gasteiger partial charge in [0.25, 0.3) is 0 Å². The maximum atomic E-state index is 5.65. The number of rotatable bonds is 3. The Balaban J connectivity index is 1.94. The van der Waals surface area contributed by atoms with Crippen molar-refractivity contribution >= 4 is 11.6 Å². The molecule has 2 heterocycles. The van der Waals surface area contributed by atoms with Gasteiger partial charge in [-0.1, -0.05) is 0 Å². The second-order valence-electron chi connectivity index (χ2n) is 4.21. The molecule has 16 heavy (non-hydrogen) atoms. The van der Waals surface area contributed by atoms with Gasteiger partial charge in [0, 0.05) is 11.6 Å². The molecule has 0 radical (unpaired) electrons. The average Bonchev–Trinajstić information content (AvgIpc) is 3.01. The number of nitrogen functional groups attached to an aromatic ring is 1. The zero-order valence-electron chi connectivity index (χ0n) is 9.05. The van der Waals surface area contributed by atoms with E-state index in [0.717, 1.165) is 12.2 Å². The van der Waals surface area contributed by atoms with Crippen molar-refractivity contribution in [3.05, 3.63) is 11.6 Å². The smallest absolute Gasteiger partial charge is 0.243 e. The average molecular weight is 219 g/mol. The van der Waals surface area contributed by atoms with Gasteiger partial charge in [-0.2, -0.15) is 4.52 Å². The molecule has 0 aliphatic heterocycles. The van der Waals surface area contributed by atoms with Crippen LogP contribution < -0.4 is 10.5 Å². The molecule has 1 aliphatic rings. The summed E-state index contributed by atoms with van der Waals surface area (Å²) in [6.45, 7) is 2.68. The fourth-order valence-electron chi connectivity index (χ4n) is 1.57. The van der Waals surface area contributed by atoms with Crippen LogP contribution in [0.2, 0.25) is 0 Å². The molecular weight excluding hydrogens is 206 g/mol. The van der Waals surface area contributed by atoms with E-state index in [0.29, 0.717) is 17.4 Å². The zero-order chi connectivity index (χ0) is 11.1. The number of hydrogen-bond acceptors (Lipinski definition) is 5. The molecule has 1 saturated carbocycles. The van der Waals surface area contributed by atoms with Gasteiger partial charge in [-0.05, 0) is 25.7 Å². The van der Waals surface area contributed by atoms with E-state index in [-0.39, 0.29) is 5.95 Å². The van der Waals surface area contributed by atoms with Crippen LogP contribution in [0.25, 0.3) is 5.65 Å². The topological polar surface area (TPSA) is 78.3 Å². The summed E-state index contributed by atoms with van der Waals surface area (Å²) in [5.74, 6) is 1.58. The van der Waals surface area contributed by atoms with Crippen molar-refractivity contribution in [2.24, 2.45) is 5.92 Å². The molecule has 2 N–H and O–H groups in total. The van der Waals surface area contributed by atoms with Gasteiger partial charge in [0.1, 0.15) is 0 Å². The highest BCUT2D eigenvalue weighted by atomic mass is 16.5. The minimum atomic E-state index is 0.287. The SMILES string of the molecule is Cc1cc(OCC2CC2)nn2c(N)nnc12. The number of anilines is 1. The Kier molecular flexibility index (Phi) is 1.95. The second-order valence-corrected chi connectivity index (χ2v) is 4.21. The molecule has 84 valence electrons. The first-order chi connectivity index (χ1) is 7.74. The first kappa shape index (κ1) is 9.38. The molecule has 6 heteroatoms. The van der Waals surface area contributed by atoms with E-state index in [2.05, 4.69) is 15.3 Å². The molecule has 2 aromatic rings. The summed E-state index contributed by atoms with van der Waals surface area (Å²) in [6, 6.07) is 1.87. The lowest BCUT2D eigenvalue weighted by atomic mass is 10.3. The number of hydrogen-bond donors (Lipinski definition) is 1. The third-order valence-corrected chi connectivity index (χ3v) is 2.72. The number of aromatic nitrogens is 4. The first-order valence-electron chi connectivity index (χ1n) is 5.35. The molecule has 0 saturated heterocycles. The lowest BCUT2D eigenvalue weighted by Crippen LogP contribution is -2.06. The summed E-state index contributed by atoms with van der Waals surface area (Å²) >= 11 is 0. The summed E-state index contributed by atoms with van der Waals surface area (Å²) in [5.41, 5.74) is 7.29. The monoisotopic (exact) mass is 219 g/mol. The van der Waals surface area contributed by atoms with E-state index >= 15 is 0 Å². The van der Waals surface area contributed by atoms with Gasteiger partial charge in [-0.25, -0.2) is 0 Å². The number of ether oxygens (including phenoxy) is 1. The van der Waals surface area contributed by atoms with Gasteiger partial charge in [-0.3, -0.25) is 0 Å². The summed E-state index contributed by atoms with van der Waals surface area (Å²) in [7, 11) is 0. The van der Waals surface area contributed by atoms with Crippen LogP contribution in [0.4, 0.5) is 5.95 Å². The van der Waals surface area contributed by atoms with Crippen LogP contribution in [0.1, 0.15) is 18.4 Å². The van der Waals surface area contributed by atoms with E-state index in [1.165, 1.54) is 17.4 Å². The normalized spacial score (nSPS) is 15.6. The van der Waals surface area contributed by atoms with E-state index in [1.807, 2.05) is 13.0 Å². The highest BCUT2D eigenvalue weighted by Gasteiger charge is 2.22. The van der Waals surface area contributed by atoms with E-state index in [1.54, 1.807) is 0 Å². The molecule has 3 rings (SSSR count). The minimum Gasteiger partial charge on any atom is -0.476 e. The lowest BCUT2D eigenvalue weighted by Gasteiger charge is -2.05. The Morgan fingerprint density at radius 1 is 1.50 bits per heavy atom. The molecule has 0 spiro atoms. The molecule has 0 bridgehead atoms. The van der Waals surface area contributed by atoms with E-state index in [4.69, 9.17) is 10.5 Å². The zero-order valence-corrected chi connectivity index (χ0v) is 9.05. The van der Waals surface area contributed by atoms with Crippen molar-refractivity contribution in [3.63, 3.8) is 0 Å². The van der Waals surface area contributed by atoms with Gasteiger partial charge >= 0.3 is 0 Å². The van der Waals surface area contributed by atoms with Crippen LogP contribution in [0.3, 0.4) is 0 Å². The number of nitrogens with two attached hydrogens (primary N) is 1. The first-order valence-corrected chi connectivity index (χ1v) is 5.35. The predicted molar refractivity (Wildman–Crippen MR) is 58.2 cm³/mol.